The maximum Gasteiger partial charge on any atom is 0.280 e. The Hall–Kier alpha value is -2.58. The average Bonchev–Trinajstić information content (AvgIpc) is 2.86. The number of nitrogens with one attached hydrogen (secondary N) is 1. The summed E-state index contributed by atoms with van der Waals surface area (Å²) in [7, 11) is -3.73. The summed E-state index contributed by atoms with van der Waals surface area (Å²) in [4.78, 5) is 29.5. The van der Waals surface area contributed by atoms with Crippen molar-refractivity contribution in [2.45, 2.75) is 31.1 Å². The minimum Gasteiger partial charge on any atom is -0.272 e. The predicted octanol–water partition coefficient (Wildman–Crippen LogP) is 1.95. The number of aromatic nitrogens is 1. The Morgan fingerprint density at radius 2 is 1.70 bits per heavy atom. The van der Waals surface area contributed by atoms with Crippen LogP contribution in [-0.2, 0) is 15.4 Å². The van der Waals surface area contributed by atoms with Crippen LogP contribution < -0.4 is 4.72 Å². The van der Waals surface area contributed by atoms with Gasteiger partial charge in [-0.3, -0.25) is 19.5 Å². The molecule has 142 valence electrons. The van der Waals surface area contributed by atoms with E-state index in [-0.39, 0.29) is 34.7 Å². The van der Waals surface area contributed by atoms with Crippen molar-refractivity contribution < 1.29 is 18.0 Å². The molecule has 3 rings (SSSR count). The molecule has 2 heterocycles. The first-order chi connectivity index (χ1) is 12.6. The first-order valence-corrected chi connectivity index (χ1v) is 10.0. The van der Waals surface area contributed by atoms with Crippen molar-refractivity contribution in [3.05, 3.63) is 59.4 Å². The van der Waals surface area contributed by atoms with Crippen molar-refractivity contribution in [1.82, 2.24) is 14.6 Å². The van der Waals surface area contributed by atoms with Gasteiger partial charge in [-0.2, -0.15) is 0 Å². The van der Waals surface area contributed by atoms with Crippen LogP contribution in [0, 0.1) is 0 Å². The number of fused-ring (bicyclic) bond motifs is 1. The molecule has 0 saturated heterocycles. The van der Waals surface area contributed by atoms with Gasteiger partial charge in [0.2, 0.25) is 10.0 Å². The Bertz CT molecular complexity index is 957. The number of hydrogen-bond donors (Lipinski definition) is 1. The molecule has 1 aliphatic rings. The monoisotopic (exact) mass is 387 g/mol. The van der Waals surface area contributed by atoms with Crippen molar-refractivity contribution >= 4 is 21.8 Å². The van der Waals surface area contributed by atoms with E-state index in [0.717, 1.165) is 10.5 Å². The standard InChI is InChI=1S/C19H21N3O4S/c1-19(2,3)13-6-8-14(9-7-13)27(25,26)21-11-12-22-17(23)15-5-4-10-20-16(15)18(22)24/h4-10,21H,11-12H2,1-3H3. The van der Waals surface area contributed by atoms with Gasteiger partial charge in [0, 0.05) is 19.3 Å². The summed E-state index contributed by atoms with van der Waals surface area (Å²) in [5.74, 6) is -0.971. The molecule has 1 aromatic heterocycles. The quantitative estimate of drug-likeness (QED) is 0.791. The smallest absolute Gasteiger partial charge is 0.272 e. The second-order valence-electron chi connectivity index (χ2n) is 7.33. The van der Waals surface area contributed by atoms with Gasteiger partial charge < -0.3 is 0 Å². The Morgan fingerprint density at radius 1 is 1.04 bits per heavy atom. The zero-order valence-corrected chi connectivity index (χ0v) is 16.2. The minimum absolute atomic E-state index is 0.0622. The topological polar surface area (TPSA) is 96.4 Å². The zero-order valence-electron chi connectivity index (χ0n) is 15.4. The Balaban J connectivity index is 1.65. The minimum atomic E-state index is -3.73. The summed E-state index contributed by atoms with van der Waals surface area (Å²) in [6.45, 7) is 6.01. The maximum atomic E-state index is 12.4. The number of nitrogens with zero attached hydrogens (tertiary/aromatic N) is 2. The molecule has 8 heteroatoms. The van der Waals surface area contributed by atoms with Gasteiger partial charge in [0.15, 0.2) is 0 Å². The summed E-state index contributed by atoms with van der Waals surface area (Å²) in [5, 5.41) is 0. The van der Waals surface area contributed by atoms with E-state index in [1.807, 2.05) is 20.8 Å². The Labute approximate surface area is 158 Å². The highest BCUT2D eigenvalue weighted by molar-refractivity contribution is 7.89. The van der Waals surface area contributed by atoms with Gasteiger partial charge in [-0.05, 0) is 35.2 Å². The molecule has 1 aromatic carbocycles. The highest BCUT2D eigenvalue weighted by atomic mass is 32.2. The van der Waals surface area contributed by atoms with Crippen molar-refractivity contribution in [2.24, 2.45) is 0 Å². The zero-order chi connectivity index (χ0) is 19.8. The number of carbonyl (C=O) groups is 2. The lowest BCUT2D eigenvalue weighted by molar-refractivity contribution is 0.0655. The number of rotatable bonds is 5. The molecule has 0 atom stereocenters. The summed E-state index contributed by atoms with van der Waals surface area (Å²) in [6, 6.07) is 9.78. The highest BCUT2D eigenvalue weighted by Gasteiger charge is 2.36. The van der Waals surface area contributed by atoms with Gasteiger partial charge in [0.1, 0.15) is 5.69 Å². The molecule has 0 saturated carbocycles. The number of benzene rings is 1. The number of carbonyl (C=O) groups excluding carboxylic acids is 2. The van der Waals surface area contributed by atoms with E-state index >= 15 is 0 Å². The van der Waals surface area contributed by atoms with Crippen molar-refractivity contribution in [1.29, 1.82) is 0 Å². The van der Waals surface area contributed by atoms with E-state index < -0.39 is 21.8 Å². The average molecular weight is 387 g/mol. The third-order valence-corrected chi connectivity index (χ3v) is 5.87. The van der Waals surface area contributed by atoms with E-state index in [1.54, 1.807) is 30.3 Å². The van der Waals surface area contributed by atoms with Gasteiger partial charge in [-0.25, -0.2) is 13.1 Å². The molecule has 0 aliphatic carbocycles. The van der Waals surface area contributed by atoms with E-state index in [2.05, 4.69) is 9.71 Å². The van der Waals surface area contributed by atoms with Crippen LogP contribution in [0.5, 0.6) is 0 Å². The summed E-state index contributed by atoms with van der Waals surface area (Å²) in [5.41, 5.74) is 1.29. The van der Waals surface area contributed by atoms with Gasteiger partial charge in [-0.15, -0.1) is 0 Å². The normalized spacial score (nSPS) is 14.6. The fraction of sp³-hybridized carbons (Fsp3) is 0.316. The molecule has 27 heavy (non-hydrogen) atoms. The van der Waals surface area contributed by atoms with Crippen LogP contribution >= 0.6 is 0 Å². The van der Waals surface area contributed by atoms with Gasteiger partial charge in [0.25, 0.3) is 11.8 Å². The fourth-order valence-electron chi connectivity index (χ4n) is 2.83. The largest absolute Gasteiger partial charge is 0.280 e. The van der Waals surface area contributed by atoms with Gasteiger partial charge in [-0.1, -0.05) is 32.9 Å². The first-order valence-electron chi connectivity index (χ1n) is 8.53. The van der Waals surface area contributed by atoms with Crippen LogP contribution in [0.15, 0.2) is 47.5 Å². The van der Waals surface area contributed by atoms with Crippen molar-refractivity contribution in [2.75, 3.05) is 13.1 Å². The fourth-order valence-corrected chi connectivity index (χ4v) is 3.85. The number of amides is 2. The third-order valence-electron chi connectivity index (χ3n) is 4.39. The summed E-state index contributed by atoms with van der Waals surface area (Å²) >= 11 is 0. The molecule has 2 amide bonds. The Morgan fingerprint density at radius 3 is 2.30 bits per heavy atom. The number of imide groups is 1. The van der Waals surface area contributed by atoms with E-state index in [0.29, 0.717) is 0 Å². The van der Waals surface area contributed by atoms with E-state index in [4.69, 9.17) is 0 Å². The van der Waals surface area contributed by atoms with Crippen molar-refractivity contribution in [3.63, 3.8) is 0 Å². The molecule has 1 aliphatic heterocycles. The number of pyridine rings is 1. The molecule has 2 aromatic rings. The van der Waals surface area contributed by atoms with E-state index in [9.17, 15) is 18.0 Å². The van der Waals surface area contributed by atoms with Gasteiger partial charge >= 0.3 is 0 Å². The molecular formula is C19H21N3O4S. The maximum absolute atomic E-state index is 12.4. The lowest BCUT2D eigenvalue weighted by atomic mass is 9.87. The third kappa shape index (κ3) is 3.77. The highest BCUT2D eigenvalue weighted by Crippen LogP contribution is 2.23. The molecule has 1 N–H and O–H groups in total. The second kappa shape index (κ2) is 6.86. The van der Waals surface area contributed by atoms with E-state index in [1.165, 1.54) is 12.3 Å². The van der Waals surface area contributed by atoms with Crippen LogP contribution in [0.1, 0.15) is 47.2 Å². The molecule has 7 nitrogen and oxygen atoms in total. The predicted molar refractivity (Wildman–Crippen MR) is 99.9 cm³/mol. The first kappa shape index (κ1) is 19.2. The molecule has 0 fully saturated rings. The lowest BCUT2D eigenvalue weighted by Crippen LogP contribution is -2.38. The second-order valence-corrected chi connectivity index (χ2v) is 9.10. The van der Waals surface area contributed by atoms with Crippen LogP contribution in [0.2, 0.25) is 0 Å². The SMILES string of the molecule is CC(C)(C)c1ccc(S(=O)(=O)NCCN2C(=O)c3cccnc3C2=O)cc1. The summed E-state index contributed by atoms with van der Waals surface area (Å²) < 4.78 is 27.3. The van der Waals surface area contributed by atoms with Crippen LogP contribution in [0.3, 0.4) is 0 Å². The molecular weight excluding hydrogens is 366 g/mol. The summed E-state index contributed by atoms with van der Waals surface area (Å²) in [6.07, 6.45) is 1.44. The lowest BCUT2D eigenvalue weighted by Gasteiger charge is -2.19. The van der Waals surface area contributed by atoms with Crippen LogP contribution in [0.4, 0.5) is 0 Å². The van der Waals surface area contributed by atoms with Crippen LogP contribution in [-0.4, -0.2) is 43.2 Å². The number of hydrogen-bond acceptors (Lipinski definition) is 5. The molecule has 0 radical (unpaired) electrons. The molecule has 0 unspecified atom stereocenters. The molecule has 0 bridgehead atoms. The van der Waals surface area contributed by atoms with Crippen LogP contribution in [0.25, 0.3) is 0 Å². The Kier molecular flexibility index (Phi) is 4.88. The number of sulfonamides is 1. The molecule has 0 spiro atoms. The van der Waals surface area contributed by atoms with Crippen molar-refractivity contribution in [3.8, 4) is 0 Å². The van der Waals surface area contributed by atoms with Gasteiger partial charge in [0.05, 0.1) is 10.5 Å².